The zero-order valence-electron chi connectivity index (χ0n) is 15.2. The SMILES string of the molecule is Cc1ccnc(OC[C@H]2CCS(=O)(=O)C23CN(C(=O)c2cn(C)cn2)C3)n1. The molecule has 0 unspecified atom stereocenters. The first-order valence-corrected chi connectivity index (χ1v) is 10.4. The second-order valence-corrected chi connectivity index (χ2v) is 9.70. The lowest BCUT2D eigenvalue weighted by Gasteiger charge is -2.49. The van der Waals surface area contributed by atoms with Crippen LogP contribution in [0.5, 0.6) is 6.01 Å². The van der Waals surface area contributed by atoms with E-state index in [0.29, 0.717) is 12.1 Å². The van der Waals surface area contributed by atoms with Gasteiger partial charge in [0, 0.05) is 44.1 Å². The molecule has 1 amide bonds. The summed E-state index contributed by atoms with van der Waals surface area (Å²) in [4.78, 5) is 26.4. The normalized spacial score (nSPS) is 22.6. The van der Waals surface area contributed by atoms with Gasteiger partial charge in [-0.15, -0.1) is 0 Å². The first kappa shape index (κ1) is 17.9. The fraction of sp³-hybridized carbons (Fsp3) is 0.529. The lowest BCUT2D eigenvalue weighted by molar-refractivity contribution is 0.0398. The van der Waals surface area contributed by atoms with Crippen molar-refractivity contribution < 1.29 is 17.9 Å². The van der Waals surface area contributed by atoms with Crippen molar-refractivity contribution in [1.82, 2.24) is 24.4 Å². The van der Waals surface area contributed by atoms with Crippen LogP contribution in [0, 0.1) is 12.8 Å². The predicted molar refractivity (Wildman–Crippen MR) is 96.0 cm³/mol. The number of ether oxygens (including phenoxy) is 1. The first-order valence-electron chi connectivity index (χ1n) is 8.73. The molecule has 0 N–H and O–H groups in total. The van der Waals surface area contributed by atoms with Crippen molar-refractivity contribution in [2.75, 3.05) is 25.4 Å². The molecule has 2 aliphatic rings. The summed E-state index contributed by atoms with van der Waals surface area (Å²) < 4.78 is 31.8. The van der Waals surface area contributed by atoms with Gasteiger partial charge in [-0.25, -0.2) is 23.4 Å². The molecule has 10 heteroatoms. The number of amides is 1. The molecule has 4 rings (SSSR count). The number of nitrogens with zero attached hydrogens (tertiary/aromatic N) is 5. The van der Waals surface area contributed by atoms with Crippen LogP contribution in [0.2, 0.25) is 0 Å². The van der Waals surface area contributed by atoms with Crippen LogP contribution in [-0.2, 0) is 16.9 Å². The Bertz CT molecular complexity index is 981. The van der Waals surface area contributed by atoms with Gasteiger partial charge in [-0.1, -0.05) is 0 Å². The topological polar surface area (TPSA) is 107 Å². The Hall–Kier alpha value is -2.49. The third kappa shape index (κ3) is 2.97. The molecule has 2 saturated heterocycles. The van der Waals surface area contributed by atoms with Crippen LogP contribution < -0.4 is 4.74 Å². The standard InChI is InChI=1S/C17H21N5O4S/c1-12-3-5-18-16(20-12)26-8-13-4-6-27(24,25)17(13)9-22(10-17)15(23)14-7-21(2)11-19-14/h3,5,7,11,13H,4,6,8-10H2,1-2H3/t13-/m1/s1. The number of aromatic nitrogens is 4. The van der Waals surface area contributed by atoms with E-state index in [1.54, 1.807) is 41.3 Å². The summed E-state index contributed by atoms with van der Waals surface area (Å²) in [5.74, 6) is -0.328. The molecule has 0 aromatic carbocycles. The third-order valence-corrected chi connectivity index (χ3v) is 8.02. The number of likely N-dealkylation sites (tertiary alicyclic amines) is 1. The first-order chi connectivity index (χ1) is 12.8. The second-order valence-electron chi connectivity index (χ2n) is 7.25. The molecule has 1 spiro atoms. The van der Waals surface area contributed by atoms with Crippen LogP contribution in [0.15, 0.2) is 24.8 Å². The number of sulfone groups is 1. The highest BCUT2D eigenvalue weighted by Crippen LogP contribution is 2.45. The lowest BCUT2D eigenvalue weighted by atomic mass is 9.83. The molecule has 0 bridgehead atoms. The Labute approximate surface area is 157 Å². The Kier molecular flexibility index (Phi) is 4.17. The van der Waals surface area contributed by atoms with Crippen molar-refractivity contribution in [1.29, 1.82) is 0 Å². The Morgan fingerprint density at radius 1 is 1.37 bits per heavy atom. The Morgan fingerprint density at radius 2 is 2.15 bits per heavy atom. The smallest absolute Gasteiger partial charge is 0.316 e. The molecular weight excluding hydrogens is 370 g/mol. The van der Waals surface area contributed by atoms with Crippen LogP contribution in [-0.4, -0.2) is 68.9 Å². The minimum absolute atomic E-state index is 0.112. The van der Waals surface area contributed by atoms with Crippen LogP contribution >= 0.6 is 0 Å². The minimum Gasteiger partial charge on any atom is -0.463 e. The summed E-state index contributed by atoms with van der Waals surface area (Å²) in [6.07, 6.45) is 5.30. The summed E-state index contributed by atoms with van der Waals surface area (Å²) in [7, 11) is -1.51. The van der Waals surface area contributed by atoms with Gasteiger partial charge >= 0.3 is 6.01 Å². The highest BCUT2D eigenvalue weighted by Gasteiger charge is 2.62. The van der Waals surface area contributed by atoms with Gasteiger partial charge in [0.1, 0.15) is 10.4 Å². The van der Waals surface area contributed by atoms with E-state index < -0.39 is 14.6 Å². The van der Waals surface area contributed by atoms with Gasteiger partial charge in [0.15, 0.2) is 9.84 Å². The molecule has 2 aromatic rings. The van der Waals surface area contributed by atoms with Gasteiger partial charge in [-0.2, -0.15) is 0 Å². The number of aryl methyl sites for hydroxylation is 2. The summed E-state index contributed by atoms with van der Waals surface area (Å²) >= 11 is 0. The minimum atomic E-state index is -3.30. The summed E-state index contributed by atoms with van der Waals surface area (Å²) in [5.41, 5.74) is 1.10. The molecule has 2 aromatic heterocycles. The lowest BCUT2D eigenvalue weighted by Crippen LogP contribution is -2.69. The Morgan fingerprint density at radius 3 is 2.81 bits per heavy atom. The van der Waals surface area contributed by atoms with E-state index in [0.717, 1.165) is 5.69 Å². The van der Waals surface area contributed by atoms with E-state index in [2.05, 4.69) is 15.0 Å². The van der Waals surface area contributed by atoms with Gasteiger partial charge in [-0.05, 0) is 19.4 Å². The number of carbonyl (C=O) groups is 1. The van der Waals surface area contributed by atoms with Crippen molar-refractivity contribution in [3.05, 3.63) is 36.2 Å². The maximum absolute atomic E-state index is 12.7. The summed E-state index contributed by atoms with van der Waals surface area (Å²) in [5, 5.41) is 0. The van der Waals surface area contributed by atoms with Crippen LogP contribution in [0.25, 0.3) is 0 Å². The largest absolute Gasteiger partial charge is 0.463 e. The number of rotatable bonds is 4. The van der Waals surface area contributed by atoms with E-state index in [9.17, 15) is 13.2 Å². The van der Waals surface area contributed by atoms with Crippen molar-refractivity contribution in [2.45, 2.75) is 18.1 Å². The molecule has 2 fully saturated rings. The van der Waals surface area contributed by atoms with Gasteiger partial charge in [-0.3, -0.25) is 4.79 Å². The quantitative estimate of drug-likeness (QED) is 0.734. The highest BCUT2D eigenvalue weighted by atomic mass is 32.2. The predicted octanol–water partition coefficient (Wildman–Crippen LogP) is 0.227. The molecule has 0 radical (unpaired) electrons. The Balaban J connectivity index is 1.47. The summed E-state index contributed by atoms with van der Waals surface area (Å²) in [6, 6.07) is 2.01. The van der Waals surface area contributed by atoms with Crippen molar-refractivity contribution in [2.24, 2.45) is 13.0 Å². The molecule has 2 aliphatic heterocycles. The fourth-order valence-corrected chi connectivity index (χ4v) is 6.21. The maximum Gasteiger partial charge on any atom is 0.316 e. The molecule has 4 heterocycles. The number of carbonyl (C=O) groups excluding carboxylic acids is 1. The molecule has 9 nitrogen and oxygen atoms in total. The zero-order valence-corrected chi connectivity index (χ0v) is 16.0. The van der Waals surface area contributed by atoms with Crippen molar-refractivity contribution in [3.8, 4) is 6.01 Å². The molecule has 0 saturated carbocycles. The van der Waals surface area contributed by atoms with Crippen molar-refractivity contribution >= 4 is 15.7 Å². The molecule has 0 aliphatic carbocycles. The van der Waals surface area contributed by atoms with Gasteiger partial charge in [0.25, 0.3) is 5.91 Å². The maximum atomic E-state index is 12.7. The summed E-state index contributed by atoms with van der Waals surface area (Å²) in [6.45, 7) is 2.40. The average molecular weight is 391 g/mol. The van der Waals surface area contributed by atoms with Crippen molar-refractivity contribution in [3.63, 3.8) is 0 Å². The monoisotopic (exact) mass is 391 g/mol. The number of hydrogen-bond acceptors (Lipinski definition) is 7. The van der Waals surface area contributed by atoms with Crippen LogP contribution in [0.4, 0.5) is 0 Å². The fourth-order valence-electron chi connectivity index (χ4n) is 3.81. The van der Waals surface area contributed by atoms with Gasteiger partial charge in [0.2, 0.25) is 0 Å². The molecule has 1 atom stereocenters. The molecule has 27 heavy (non-hydrogen) atoms. The van der Waals surface area contributed by atoms with Crippen LogP contribution in [0.3, 0.4) is 0 Å². The molecular formula is C17H21N5O4S. The van der Waals surface area contributed by atoms with E-state index in [-0.39, 0.29) is 43.3 Å². The highest BCUT2D eigenvalue weighted by molar-refractivity contribution is 7.93. The van der Waals surface area contributed by atoms with Crippen LogP contribution in [0.1, 0.15) is 22.6 Å². The zero-order chi connectivity index (χ0) is 19.2. The van der Waals surface area contributed by atoms with E-state index in [1.807, 2.05) is 6.92 Å². The second kappa shape index (κ2) is 6.29. The molecule has 144 valence electrons. The van der Waals surface area contributed by atoms with Gasteiger partial charge < -0.3 is 14.2 Å². The van der Waals surface area contributed by atoms with E-state index >= 15 is 0 Å². The number of imidazole rings is 1. The van der Waals surface area contributed by atoms with E-state index in [1.165, 1.54) is 0 Å². The third-order valence-electron chi connectivity index (χ3n) is 5.41. The van der Waals surface area contributed by atoms with E-state index in [4.69, 9.17) is 4.74 Å². The number of hydrogen-bond donors (Lipinski definition) is 0. The van der Waals surface area contributed by atoms with Gasteiger partial charge in [0.05, 0.1) is 18.7 Å². The average Bonchev–Trinajstić information content (AvgIpc) is 3.12.